The van der Waals surface area contributed by atoms with Crippen molar-refractivity contribution in [3.05, 3.63) is 56.8 Å². The molecule has 0 radical (unpaired) electrons. The second-order valence-electron chi connectivity index (χ2n) is 4.14. The van der Waals surface area contributed by atoms with Crippen molar-refractivity contribution in [2.24, 2.45) is 0 Å². The molecule has 1 aliphatic rings. The molecule has 1 aliphatic heterocycles. The van der Waals surface area contributed by atoms with E-state index in [0.29, 0.717) is 21.8 Å². The highest BCUT2D eigenvalue weighted by Crippen LogP contribution is 2.35. The van der Waals surface area contributed by atoms with E-state index in [-0.39, 0.29) is 17.6 Å². The van der Waals surface area contributed by atoms with E-state index in [1.54, 1.807) is 18.2 Å². The van der Waals surface area contributed by atoms with Crippen LogP contribution < -0.4 is 5.32 Å². The van der Waals surface area contributed by atoms with Gasteiger partial charge in [-0.3, -0.25) is 14.9 Å². The van der Waals surface area contributed by atoms with Gasteiger partial charge in [0.15, 0.2) is 0 Å². The Morgan fingerprint density at radius 2 is 2.10 bits per heavy atom. The molecule has 0 fully saturated rings. The number of fused-ring (bicyclic) bond motifs is 1. The Hall–Kier alpha value is -2.60. The van der Waals surface area contributed by atoms with E-state index in [4.69, 9.17) is 16.0 Å². The summed E-state index contributed by atoms with van der Waals surface area (Å²) in [5.41, 5.74) is 1.66. The first-order valence-electron chi connectivity index (χ1n) is 5.62. The summed E-state index contributed by atoms with van der Waals surface area (Å²) in [5, 5.41) is 13.7. The van der Waals surface area contributed by atoms with Crippen molar-refractivity contribution in [2.75, 3.05) is 5.32 Å². The van der Waals surface area contributed by atoms with E-state index >= 15 is 0 Å². The molecule has 6 nitrogen and oxygen atoms in total. The fourth-order valence-corrected chi connectivity index (χ4v) is 2.14. The second kappa shape index (κ2) is 4.50. The quantitative estimate of drug-likeness (QED) is 0.522. The van der Waals surface area contributed by atoms with Crippen LogP contribution in [0.3, 0.4) is 0 Å². The molecule has 100 valence electrons. The van der Waals surface area contributed by atoms with Crippen LogP contribution in [-0.2, 0) is 4.79 Å². The summed E-state index contributed by atoms with van der Waals surface area (Å²) < 4.78 is 5.01. The highest BCUT2D eigenvalue weighted by Gasteiger charge is 2.25. The zero-order chi connectivity index (χ0) is 14.3. The van der Waals surface area contributed by atoms with Gasteiger partial charge in [0.05, 0.1) is 17.3 Å². The molecule has 0 bridgehead atoms. The molecule has 1 aromatic heterocycles. The van der Waals surface area contributed by atoms with Gasteiger partial charge in [-0.2, -0.15) is 0 Å². The van der Waals surface area contributed by atoms with Crippen molar-refractivity contribution >= 4 is 40.7 Å². The van der Waals surface area contributed by atoms with Crippen LogP contribution in [0.5, 0.6) is 0 Å². The van der Waals surface area contributed by atoms with Crippen LogP contribution in [0.25, 0.3) is 11.6 Å². The van der Waals surface area contributed by atoms with Gasteiger partial charge in [0.25, 0.3) is 5.91 Å². The Kier molecular flexibility index (Phi) is 2.80. The molecule has 2 heterocycles. The number of nitrogens with zero attached hydrogens (tertiary/aromatic N) is 1. The fourth-order valence-electron chi connectivity index (χ4n) is 1.97. The number of nitro groups is 1. The summed E-state index contributed by atoms with van der Waals surface area (Å²) in [6.07, 6.45) is 1.46. The first-order chi connectivity index (χ1) is 9.54. The number of nitrogens with one attached hydrogen (secondary N) is 1. The standard InChI is InChI=1S/C13H7ClN2O4/c14-7-1-3-9-10(13(17)15-11(9)5-7)6-8-2-4-12(20-8)16(18)19/h1-6H,(H,15,17)/b10-6-. The molecule has 20 heavy (non-hydrogen) atoms. The largest absolute Gasteiger partial charge is 0.433 e. The van der Waals surface area contributed by atoms with Crippen LogP contribution in [-0.4, -0.2) is 10.8 Å². The van der Waals surface area contributed by atoms with E-state index < -0.39 is 4.92 Å². The van der Waals surface area contributed by atoms with Crippen molar-refractivity contribution in [1.82, 2.24) is 0 Å². The van der Waals surface area contributed by atoms with Crippen molar-refractivity contribution in [1.29, 1.82) is 0 Å². The van der Waals surface area contributed by atoms with Crippen LogP contribution >= 0.6 is 11.6 Å². The molecule has 1 amide bonds. The lowest BCUT2D eigenvalue weighted by molar-refractivity contribution is -0.402. The van der Waals surface area contributed by atoms with Crippen LogP contribution in [0, 0.1) is 10.1 Å². The number of hydrogen-bond donors (Lipinski definition) is 1. The number of rotatable bonds is 2. The maximum atomic E-state index is 11.9. The Labute approximate surface area is 117 Å². The lowest BCUT2D eigenvalue weighted by Gasteiger charge is -1.97. The molecule has 3 rings (SSSR count). The number of furan rings is 1. The molecular weight excluding hydrogens is 284 g/mol. The molecule has 0 atom stereocenters. The Balaban J connectivity index is 2.03. The zero-order valence-electron chi connectivity index (χ0n) is 9.92. The van der Waals surface area contributed by atoms with E-state index in [1.807, 2.05) is 0 Å². The first-order valence-corrected chi connectivity index (χ1v) is 5.99. The minimum atomic E-state index is -0.634. The minimum Gasteiger partial charge on any atom is -0.401 e. The number of anilines is 1. The highest BCUT2D eigenvalue weighted by atomic mass is 35.5. The monoisotopic (exact) mass is 290 g/mol. The van der Waals surface area contributed by atoms with Gasteiger partial charge in [0.1, 0.15) is 10.7 Å². The van der Waals surface area contributed by atoms with E-state index in [0.717, 1.165) is 0 Å². The second-order valence-corrected chi connectivity index (χ2v) is 4.57. The van der Waals surface area contributed by atoms with Gasteiger partial charge < -0.3 is 9.73 Å². The summed E-state index contributed by atoms with van der Waals surface area (Å²) in [5.74, 6) is -0.433. The highest BCUT2D eigenvalue weighted by molar-refractivity contribution is 6.36. The summed E-state index contributed by atoms with van der Waals surface area (Å²) in [6.45, 7) is 0. The van der Waals surface area contributed by atoms with Crippen molar-refractivity contribution < 1.29 is 14.1 Å². The third kappa shape index (κ3) is 2.06. The van der Waals surface area contributed by atoms with Crippen molar-refractivity contribution in [3.63, 3.8) is 0 Å². The van der Waals surface area contributed by atoms with Crippen LogP contribution in [0.1, 0.15) is 11.3 Å². The number of carbonyl (C=O) groups is 1. The SMILES string of the molecule is O=C1Nc2cc(Cl)ccc2/C1=C/c1ccc([N+](=O)[O-])o1. The van der Waals surface area contributed by atoms with E-state index in [9.17, 15) is 14.9 Å². The van der Waals surface area contributed by atoms with E-state index in [2.05, 4.69) is 5.32 Å². The average Bonchev–Trinajstić information content (AvgIpc) is 2.96. The molecule has 0 saturated carbocycles. The van der Waals surface area contributed by atoms with Gasteiger partial charge >= 0.3 is 5.88 Å². The maximum Gasteiger partial charge on any atom is 0.433 e. The molecule has 0 spiro atoms. The molecule has 0 saturated heterocycles. The van der Waals surface area contributed by atoms with Crippen molar-refractivity contribution in [2.45, 2.75) is 0 Å². The lowest BCUT2D eigenvalue weighted by Crippen LogP contribution is -2.03. The Bertz CT molecular complexity index is 763. The Morgan fingerprint density at radius 3 is 2.80 bits per heavy atom. The number of halogens is 1. The van der Waals surface area contributed by atoms with Gasteiger partial charge in [-0.25, -0.2) is 0 Å². The van der Waals surface area contributed by atoms with Gasteiger partial charge in [-0.05, 0) is 24.3 Å². The normalized spacial score (nSPS) is 15.2. The topological polar surface area (TPSA) is 85.4 Å². The smallest absolute Gasteiger partial charge is 0.401 e. The molecule has 0 unspecified atom stereocenters. The fraction of sp³-hybridized carbons (Fsp3) is 0. The summed E-state index contributed by atoms with van der Waals surface area (Å²) in [6, 6.07) is 7.69. The third-order valence-electron chi connectivity index (χ3n) is 2.84. The van der Waals surface area contributed by atoms with Gasteiger partial charge in [0.2, 0.25) is 0 Å². The predicted octanol–water partition coefficient (Wildman–Crippen LogP) is 3.33. The molecule has 7 heteroatoms. The average molecular weight is 291 g/mol. The van der Waals surface area contributed by atoms with E-state index in [1.165, 1.54) is 18.2 Å². The number of carbonyl (C=O) groups excluding carboxylic acids is 1. The number of amides is 1. The Morgan fingerprint density at radius 1 is 1.30 bits per heavy atom. The third-order valence-corrected chi connectivity index (χ3v) is 3.08. The molecule has 0 aliphatic carbocycles. The van der Waals surface area contributed by atoms with Gasteiger partial charge in [-0.15, -0.1) is 0 Å². The molecular formula is C13H7ClN2O4. The zero-order valence-corrected chi connectivity index (χ0v) is 10.7. The minimum absolute atomic E-state index is 0.240. The van der Waals surface area contributed by atoms with Gasteiger partial charge in [-0.1, -0.05) is 17.7 Å². The van der Waals surface area contributed by atoms with Crippen LogP contribution in [0.15, 0.2) is 34.7 Å². The molecule has 2 aromatic rings. The molecule has 1 aromatic carbocycles. The predicted molar refractivity (Wildman–Crippen MR) is 73.3 cm³/mol. The first kappa shape index (κ1) is 12.4. The number of benzene rings is 1. The lowest BCUT2D eigenvalue weighted by atomic mass is 10.1. The summed E-state index contributed by atoms with van der Waals surface area (Å²) in [7, 11) is 0. The number of hydrogen-bond acceptors (Lipinski definition) is 4. The van der Waals surface area contributed by atoms with Crippen LogP contribution in [0.2, 0.25) is 5.02 Å². The summed E-state index contributed by atoms with van der Waals surface area (Å²) >= 11 is 5.85. The summed E-state index contributed by atoms with van der Waals surface area (Å²) in [4.78, 5) is 21.8. The van der Waals surface area contributed by atoms with Gasteiger partial charge in [0, 0.05) is 10.6 Å². The van der Waals surface area contributed by atoms with Crippen LogP contribution in [0.4, 0.5) is 11.6 Å². The maximum absolute atomic E-state index is 11.9. The molecule has 1 N–H and O–H groups in total. The van der Waals surface area contributed by atoms with Crippen molar-refractivity contribution in [3.8, 4) is 0 Å².